The van der Waals surface area contributed by atoms with Crippen molar-refractivity contribution in [1.82, 2.24) is 0 Å². The van der Waals surface area contributed by atoms with Gasteiger partial charge in [-0.15, -0.1) is 0 Å². The minimum atomic E-state index is 1.02. The Bertz CT molecular complexity index is 373. The van der Waals surface area contributed by atoms with Gasteiger partial charge in [-0.2, -0.15) is 0 Å². The first kappa shape index (κ1) is 15.4. The first-order valence-electron chi connectivity index (χ1n) is 5.95. The van der Waals surface area contributed by atoms with Gasteiger partial charge in [0.25, 0.3) is 0 Å². The Kier molecular flexibility index (Phi) is 7.79. The monoisotopic (exact) mass is 228 g/mol. The van der Waals surface area contributed by atoms with Gasteiger partial charge >= 0.3 is 0 Å². The van der Waals surface area contributed by atoms with E-state index in [2.05, 4.69) is 45.7 Å². The number of allylic oxidation sites excluding steroid dienone is 9. The van der Waals surface area contributed by atoms with Crippen LogP contribution < -0.4 is 0 Å². The minimum Gasteiger partial charge on any atom is -0.0988 e. The maximum Gasteiger partial charge on any atom is -0.0239 e. The third-order valence-corrected chi connectivity index (χ3v) is 2.61. The Balaban J connectivity index is 4.42. The molecular weight excluding hydrogens is 204 g/mol. The lowest BCUT2D eigenvalue weighted by Gasteiger charge is -2.05. The Morgan fingerprint density at radius 1 is 1.00 bits per heavy atom. The molecule has 0 amide bonds. The van der Waals surface area contributed by atoms with Gasteiger partial charge in [0.05, 0.1) is 0 Å². The van der Waals surface area contributed by atoms with E-state index < -0.39 is 0 Å². The average Bonchev–Trinajstić information content (AvgIpc) is 2.28. The van der Waals surface area contributed by atoms with E-state index in [0.717, 1.165) is 18.4 Å². The molecule has 0 aliphatic carbocycles. The van der Waals surface area contributed by atoms with Gasteiger partial charge in [-0.25, -0.2) is 0 Å². The van der Waals surface area contributed by atoms with Crippen LogP contribution in [0.25, 0.3) is 0 Å². The Hall–Kier alpha value is -1.56. The lowest BCUT2D eigenvalue weighted by Crippen LogP contribution is -1.85. The van der Waals surface area contributed by atoms with Crippen LogP contribution in [0.5, 0.6) is 0 Å². The molecule has 0 atom stereocenters. The van der Waals surface area contributed by atoms with Gasteiger partial charge in [-0.3, -0.25) is 0 Å². The van der Waals surface area contributed by atoms with E-state index in [4.69, 9.17) is 0 Å². The number of hydrogen-bond donors (Lipinski definition) is 0. The zero-order valence-corrected chi connectivity index (χ0v) is 11.4. The molecule has 0 aromatic carbocycles. The van der Waals surface area contributed by atoms with E-state index in [1.165, 1.54) is 16.7 Å². The summed E-state index contributed by atoms with van der Waals surface area (Å²) in [4.78, 5) is 0. The highest BCUT2D eigenvalue weighted by molar-refractivity contribution is 5.30. The van der Waals surface area contributed by atoms with Crippen LogP contribution in [0.2, 0.25) is 0 Å². The van der Waals surface area contributed by atoms with Gasteiger partial charge in [0, 0.05) is 0 Å². The molecule has 0 heterocycles. The number of rotatable bonds is 7. The summed E-state index contributed by atoms with van der Waals surface area (Å²) in [5, 5.41) is 0. The van der Waals surface area contributed by atoms with Crippen molar-refractivity contribution >= 4 is 0 Å². The molecular formula is C17H24. The van der Waals surface area contributed by atoms with Crippen LogP contribution in [0, 0.1) is 0 Å². The van der Waals surface area contributed by atoms with E-state index in [9.17, 15) is 0 Å². The summed E-state index contributed by atoms with van der Waals surface area (Å²) in [5.41, 5.74) is 4.92. The van der Waals surface area contributed by atoms with Crippen LogP contribution in [0.1, 0.15) is 33.6 Å². The zero-order valence-electron chi connectivity index (χ0n) is 11.4. The smallest absolute Gasteiger partial charge is 0.0239 e. The SMILES string of the molecule is C=C/C(C)=C(\C=C)CC/C(C)=C/C=C\C(=C)C. The van der Waals surface area contributed by atoms with E-state index in [1.54, 1.807) is 0 Å². The Morgan fingerprint density at radius 2 is 1.65 bits per heavy atom. The molecule has 0 radical (unpaired) electrons. The topological polar surface area (TPSA) is 0 Å². The first-order chi connectivity index (χ1) is 8.01. The Labute approximate surface area is 106 Å². The molecule has 0 aliphatic heterocycles. The molecule has 0 fully saturated rings. The second kappa shape index (κ2) is 8.58. The van der Waals surface area contributed by atoms with Crippen molar-refractivity contribution in [2.45, 2.75) is 33.6 Å². The van der Waals surface area contributed by atoms with Gasteiger partial charge in [0.15, 0.2) is 0 Å². The third kappa shape index (κ3) is 7.35. The van der Waals surface area contributed by atoms with E-state index in [1.807, 2.05) is 25.2 Å². The highest BCUT2D eigenvalue weighted by Gasteiger charge is 1.97. The Morgan fingerprint density at radius 3 is 2.12 bits per heavy atom. The highest BCUT2D eigenvalue weighted by atomic mass is 14.0. The summed E-state index contributed by atoms with van der Waals surface area (Å²) in [6.45, 7) is 17.7. The van der Waals surface area contributed by atoms with Gasteiger partial charge in [-0.1, -0.05) is 61.3 Å². The molecule has 0 aromatic rings. The van der Waals surface area contributed by atoms with Crippen molar-refractivity contribution in [3.8, 4) is 0 Å². The lowest BCUT2D eigenvalue weighted by molar-refractivity contribution is 0.937. The molecule has 0 spiro atoms. The molecule has 0 aliphatic rings. The molecule has 0 bridgehead atoms. The summed E-state index contributed by atoms with van der Waals surface area (Å²) < 4.78 is 0. The van der Waals surface area contributed by atoms with Crippen LogP contribution >= 0.6 is 0 Å². The fourth-order valence-electron chi connectivity index (χ4n) is 1.38. The molecule has 0 heteroatoms. The highest BCUT2D eigenvalue weighted by Crippen LogP contribution is 2.16. The van der Waals surface area contributed by atoms with Gasteiger partial charge in [-0.05, 0) is 44.8 Å². The van der Waals surface area contributed by atoms with Crippen LogP contribution in [-0.2, 0) is 0 Å². The van der Waals surface area contributed by atoms with E-state index in [-0.39, 0.29) is 0 Å². The fraction of sp³-hybridized carbons (Fsp3) is 0.294. The fourth-order valence-corrected chi connectivity index (χ4v) is 1.38. The quantitative estimate of drug-likeness (QED) is 0.502. The van der Waals surface area contributed by atoms with Crippen LogP contribution in [-0.4, -0.2) is 0 Å². The van der Waals surface area contributed by atoms with Gasteiger partial charge in [0.2, 0.25) is 0 Å². The maximum atomic E-state index is 3.84. The number of hydrogen-bond acceptors (Lipinski definition) is 0. The molecule has 0 rings (SSSR count). The summed E-state index contributed by atoms with van der Waals surface area (Å²) in [6, 6.07) is 0. The van der Waals surface area contributed by atoms with E-state index >= 15 is 0 Å². The first-order valence-corrected chi connectivity index (χ1v) is 5.95. The molecule has 17 heavy (non-hydrogen) atoms. The summed E-state index contributed by atoms with van der Waals surface area (Å²) in [5.74, 6) is 0. The van der Waals surface area contributed by atoms with Crippen molar-refractivity contribution in [2.75, 3.05) is 0 Å². The summed E-state index contributed by atoms with van der Waals surface area (Å²) in [6.07, 6.45) is 12.1. The average molecular weight is 228 g/mol. The predicted octanol–water partition coefficient (Wildman–Crippen LogP) is 5.53. The molecule has 0 N–H and O–H groups in total. The van der Waals surface area contributed by atoms with Gasteiger partial charge < -0.3 is 0 Å². The standard InChI is InChI=1S/C17H24/c1-7-16(6)17(8-2)13-12-15(5)11-9-10-14(3)4/h7-11H,1-3,12-13H2,4-6H3/b10-9-,15-11+,17-16+. The zero-order chi connectivity index (χ0) is 13.3. The second-order valence-corrected chi connectivity index (χ2v) is 4.33. The van der Waals surface area contributed by atoms with Crippen molar-refractivity contribution < 1.29 is 0 Å². The summed E-state index contributed by atoms with van der Waals surface area (Å²) >= 11 is 0. The molecule has 0 unspecified atom stereocenters. The van der Waals surface area contributed by atoms with Crippen LogP contribution in [0.4, 0.5) is 0 Å². The van der Waals surface area contributed by atoms with Crippen molar-refractivity contribution in [1.29, 1.82) is 0 Å². The van der Waals surface area contributed by atoms with Gasteiger partial charge in [0.1, 0.15) is 0 Å². The molecule has 0 saturated carbocycles. The normalized spacial score (nSPS) is 13.5. The molecule has 92 valence electrons. The maximum absolute atomic E-state index is 3.84. The molecule has 0 nitrogen and oxygen atoms in total. The molecule has 0 saturated heterocycles. The molecule has 0 aromatic heterocycles. The van der Waals surface area contributed by atoms with Crippen molar-refractivity contribution in [3.05, 3.63) is 72.4 Å². The van der Waals surface area contributed by atoms with E-state index in [0.29, 0.717) is 0 Å². The third-order valence-electron chi connectivity index (χ3n) is 2.61. The van der Waals surface area contributed by atoms with Crippen molar-refractivity contribution in [2.24, 2.45) is 0 Å². The summed E-state index contributed by atoms with van der Waals surface area (Å²) in [7, 11) is 0. The van der Waals surface area contributed by atoms with Crippen molar-refractivity contribution in [3.63, 3.8) is 0 Å². The van der Waals surface area contributed by atoms with Crippen LogP contribution in [0.15, 0.2) is 72.4 Å². The van der Waals surface area contributed by atoms with Crippen LogP contribution in [0.3, 0.4) is 0 Å². The minimum absolute atomic E-state index is 1.02. The predicted molar refractivity (Wildman–Crippen MR) is 80.0 cm³/mol. The largest absolute Gasteiger partial charge is 0.0988 e. The lowest BCUT2D eigenvalue weighted by atomic mass is 10.0. The second-order valence-electron chi connectivity index (χ2n) is 4.33.